The van der Waals surface area contributed by atoms with Crippen molar-refractivity contribution in [2.24, 2.45) is 0 Å². The molecule has 0 saturated heterocycles. The van der Waals surface area contributed by atoms with E-state index in [4.69, 9.17) is 5.11 Å². The summed E-state index contributed by atoms with van der Waals surface area (Å²) < 4.78 is 0. The van der Waals surface area contributed by atoms with Gasteiger partial charge in [-0.3, -0.25) is 4.79 Å². The van der Waals surface area contributed by atoms with Crippen molar-refractivity contribution in [3.63, 3.8) is 0 Å². The van der Waals surface area contributed by atoms with Crippen LogP contribution in [0.15, 0.2) is 30.3 Å². The molecule has 0 saturated carbocycles. The maximum atomic E-state index is 11.8. The Labute approximate surface area is 138 Å². The van der Waals surface area contributed by atoms with Gasteiger partial charge in [0, 0.05) is 23.9 Å². The third-order valence-corrected chi connectivity index (χ3v) is 4.37. The van der Waals surface area contributed by atoms with E-state index in [2.05, 4.69) is 10.3 Å². The van der Waals surface area contributed by atoms with Crippen LogP contribution < -0.4 is 5.32 Å². The first kappa shape index (κ1) is 16.9. The molecule has 0 aliphatic heterocycles. The molecule has 1 aromatic carbocycles. The van der Waals surface area contributed by atoms with Gasteiger partial charge in [0.15, 0.2) is 0 Å². The van der Waals surface area contributed by atoms with E-state index in [1.807, 2.05) is 13.8 Å². The maximum Gasteiger partial charge on any atom is 0.335 e. The van der Waals surface area contributed by atoms with Crippen LogP contribution in [-0.2, 0) is 11.2 Å². The number of amides is 1. The number of carboxylic acids is 1. The second-order valence-electron chi connectivity index (χ2n) is 5.04. The Morgan fingerprint density at radius 2 is 1.96 bits per heavy atom. The maximum absolute atomic E-state index is 11.8. The van der Waals surface area contributed by atoms with Gasteiger partial charge in [-0.1, -0.05) is 12.1 Å². The van der Waals surface area contributed by atoms with E-state index in [9.17, 15) is 9.59 Å². The summed E-state index contributed by atoms with van der Waals surface area (Å²) >= 11 is 1.65. The molecule has 0 unspecified atom stereocenters. The van der Waals surface area contributed by atoms with Crippen molar-refractivity contribution < 1.29 is 14.7 Å². The van der Waals surface area contributed by atoms with Crippen molar-refractivity contribution in [3.05, 3.63) is 57.0 Å². The first-order chi connectivity index (χ1) is 11.0. The number of rotatable bonds is 6. The highest BCUT2D eigenvalue weighted by Gasteiger charge is 2.05. The molecular weight excluding hydrogens is 312 g/mol. The lowest BCUT2D eigenvalue weighted by Crippen LogP contribution is -2.23. The van der Waals surface area contributed by atoms with Gasteiger partial charge < -0.3 is 10.4 Å². The summed E-state index contributed by atoms with van der Waals surface area (Å²) in [6.45, 7) is 4.50. The van der Waals surface area contributed by atoms with Crippen LogP contribution in [0.5, 0.6) is 0 Å². The Morgan fingerprint density at radius 3 is 2.52 bits per heavy atom. The predicted molar refractivity (Wildman–Crippen MR) is 90.7 cm³/mol. The summed E-state index contributed by atoms with van der Waals surface area (Å²) in [4.78, 5) is 28.1. The van der Waals surface area contributed by atoms with Gasteiger partial charge in [0.05, 0.1) is 16.3 Å². The monoisotopic (exact) mass is 330 g/mol. The Balaban J connectivity index is 1.82. The Kier molecular flexibility index (Phi) is 5.65. The quantitative estimate of drug-likeness (QED) is 0.798. The molecule has 0 aliphatic rings. The Morgan fingerprint density at radius 1 is 1.26 bits per heavy atom. The molecule has 0 bridgehead atoms. The van der Waals surface area contributed by atoms with E-state index in [0.29, 0.717) is 6.54 Å². The lowest BCUT2D eigenvalue weighted by Gasteiger charge is -2.01. The van der Waals surface area contributed by atoms with Crippen molar-refractivity contribution in [2.75, 3.05) is 6.54 Å². The van der Waals surface area contributed by atoms with Crippen molar-refractivity contribution in [1.29, 1.82) is 0 Å². The molecule has 0 aliphatic carbocycles. The van der Waals surface area contributed by atoms with Crippen LogP contribution in [0.3, 0.4) is 0 Å². The van der Waals surface area contributed by atoms with Gasteiger partial charge in [-0.2, -0.15) is 0 Å². The minimum absolute atomic E-state index is 0.175. The number of nitrogens with zero attached hydrogens (tertiary/aromatic N) is 1. The molecule has 2 rings (SSSR count). The zero-order valence-corrected chi connectivity index (χ0v) is 13.8. The summed E-state index contributed by atoms with van der Waals surface area (Å²) in [6, 6.07) is 6.34. The molecule has 120 valence electrons. The SMILES string of the molecule is Cc1nc(C)c(CCNC(=O)C=Cc2ccc(C(=O)O)cc2)s1. The molecule has 6 heteroatoms. The van der Waals surface area contributed by atoms with Crippen LogP contribution in [0.1, 0.15) is 31.5 Å². The average Bonchev–Trinajstić information content (AvgIpc) is 2.83. The molecular formula is C17H18N2O3S. The summed E-state index contributed by atoms with van der Waals surface area (Å²) in [7, 11) is 0. The van der Waals surface area contributed by atoms with E-state index < -0.39 is 5.97 Å². The fourth-order valence-electron chi connectivity index (χ4n) is 2.07. The number of thiazole rings is 1. The standard InChI is InChI=1S/C17H18N2O3S/c1-11-15(23-12(2)19-11)9-10-18-16(20)8-5-13-3-6-14(7-4-13)17(21)22/h3-8H,9-10H2,1-2H3,(H,18,20)(H,21,22). The number of benzene rings is 1. The average molecular weight is 330 g/mol. The third kappa shape index (κ3) is 5.03. The van der Waals surface area contributed by atoms with E-state index in [1.165, 1.54) is 23.1 Å². The third-order valence-electron chi connectivity index (χ3n) is 3.24. The van der Waals surface area contributed by atoms with Gasteiger partial charge in [0.1, 0.15) is 0 Å². The van der Waals surface area contributed by atoms with Gasteiger partial charge in [-0.05, 0) is 37.6 Å². The molecule has 1 aromatic heterocycles. The van der Waals surface area contributed by atoms with Gasteiger partial charge >= 0.3 is 5.97 Å². The zero-order chi connectivity index (χ0) is 16.8. The Bertz CT molecular complexity index is 733. The van der Waals surface area contributed by atoms with Gasteiger partial charge in [-0.25, -0.2) is 9.78 Å². The van der Waals surface area contributed by atoms with Gasteiger partial charge in [-0.15, -0.1) is 11.3 Å². The molecule has 2 aromatic rings. The number of hydrogen-bond acceptors (Lipinski definition) is 4. The van der Waals surface area contributed by atoms with Crippen molar-refractivity contribution in [1.82, 2.24) is 10.3 Å². The van der Waals surface area contributed by atoms with Crippen LogP contribution in [0.4, 0.5) is 0 Å². The molecule has 5 nitrogen and oxygen atoms in total. The second-order valence-corrected chi connectivity index (χ2v) is 6.33. The minimum atomic E-state index is -0.966. The van der Waals surface area contributed by atoms with Crippen molar-refractivity contribution in [3.8, 4) is 0 Å². The number of hydrogen-bond donors (Lipinski definition) is 2. The van der Waals surface area contributed by atoms with Crippen LogP contribution >= 0.6 is 11.3 Å². The first-order valence-electron chi connectivity index (χ1n) is 7.18. The van der Waals surface area contributed by atoms with Crippen LogP contribution in [-0.4, -0.2) is 28.5 Å². The number of carbonyl (C=O) groups is 2. The molecule has 1 amide bonds. The highest BCUT2D eigenvalue weighted by atomic mass is 32.1. The van der Waals surface area contributed by atoms with Crippen LogP contribution in [0, 0.1) is 13.8 Å². The predicted octanol–water partition coefficient (Wildman–Crippen LogP) is 2.83. The largest absolute Gasteiger partial charge is 0.478 e. The number of nitrogens with one attached hydrogen (secondary N) is 1. The summed E-state index contributed by atoms with van der Waals surface area (Å²) in [5.74, 6) is -1.14. The molecule has 0 fully saturated rings. The fourth-order valence-corrected chi connectivity index (χ4v) is 3.01. The first-order valence-corrected chi connectivity index (χ1v) is 7.99. The van der Waals surface area contributed by atoms with Gasteiger partial charge in [0.25, 0.3) is 0 Å². The molecule has 0 atom stereocenters. The fraction of sp³-hybridized carbons (Fsp3) is 0.235. The lowest BCUT2D eigenvalue weighted by atomic mass is 10.1. The highest BCUT2D eigenvalue weighted by Crippen LogP contribution is 2.17. The molecule has 1 heterocycles. The van der Waals surface area contributed by atoms with E-state index in [1.54, 1.807) is 29.5 Å². The number of aromatic nitrogens is 1. The zero-order valence-electron chi connectivity index (χ0n) is 13.0. The summed E-state index contributed by atoms with van der Waals surface area (Å²) in [6.07, 6.45) is 3.87. The number of carboxylic acid groups (broad SMARTS) is 1. The van der Waals surface area contributed by atoms with Crippen LogP contribution in [0.25, 0.3) is 6.08 Å². The summed E-state index contributed by atoms with van der Waals surface area (Å²) in [5, 5.41) is 12.7. The van der Waals surface area contributed by atoms with E-state index in [-0.39, 0.29) is 11.5 Å². The number of carbonyl (C=O) groups excluding carboxylic acids is 1. The lowest BCUT2D eigenvalue weighted by molar-refractivity contribution is -0.116. The van der Waals surface area contributed by atoms with E-state index in [0.717, 1.165) is 22.7 Å². The minimum Gasteiger partial charge on any atom is -0.478 e. The smallest absolute Gasteiger partial charge is 0.335 e. The van der Waals surface area contributed by atoms with Crippen molar-refractivity contribution in [2.45, 2.75) is 20.3 Å². The summed E-state index contributed by atoms with van der Waals surface area (Å²) in [5.41, 5.74) is 2.02. The molecule has 0 spiro atoms. The topological polar surface area (TPSA) is 79.3 Å². The number of aromatic carboxylic acids is 1. The number of aryl methyl sites for hydroxylation is 2. The second kappa shape index (κ2) is 7.69. The molecule has 2 N–H and O–H groups in total. The van der Waals surface area contributed by atoms with Crippen molar-refractivity contribution >= 4 is 29.3 Å². The van der Waals surface area contributed by atoms with Gasteiger partial charge in [0.2, 0.25) is 5.91 Å². The highest BCUT2D eigenvalue weighted by molar-refractivity contribution is 7.11. The normalized spacial score (nSPS) is 10.9. The molecule has 0 radical (unpaired) electrons. The molecule has 23 heavy (non-hydrogen) atoms. The van der Waals surface area contributed by atoms with Crippen LogP contribution in [0.2, 0.25) is 0 Å². The Hall–Kier alpha value is -2.47. The van der Waals surface area contributed by atoms with E-state index >= 15 is 0 Å².